The fourth-order valence-electron chi connectivity index (χ4n) is 3.12. The van der Waals surface area contributed by atoms with Gasteiger partial charge in [-0.3, -0.25) is 4.79 Å². The van der Waals surface area contributed by atoms with E-state index in [0.717, 1.165) is 25.0 Å². The summed E-state index contributed by atoms with van der Waals surface area (Å²) in [7, 11) is 1.56. The predicted molar refractivity (Wildman–Crippen MR) is 98.2 cm³/mol. The number of nitrogens with zero attached hydrogens (tertiary/aromatic N) is 1. The number of alkyl halides is 3. The molecule has 0 saturated carbocycles. The van der Waals surface area contributed by atoms with E-state index in [1.54, 1.807) is 37.4 Å². The molecular formula is C21H22F3NO3. The summed E-state index contributed by atoms with van der Waals surface area (Å²) in [5.41, 5.74) is 0.0459. The van der Waals surface area contributed by atoms with Gasteiger partial charge in [0.1, 0.15) is 12.4 Å². The molecule has 1 saturated heterocycles. The molecule has 28 heavy (non-hydrogen) atoms. The van der Waals surface area contributed by atoms with Crippen LogP contribution in [0.5, 0.6) is 5.75 Å². The molecule has 150 valence electrons. The monoisotopic (exact) mass is 393 g/mol. The number of carbonyl (C=O) groups excluding carboxylic acids is 1. The summed E-state index contributed by atoms with van der Waals surface area (Å²) in [5, 5.41) is 0. The number of ether oxygens (including phenoxy) is 2. The van der Waals surface area contributed by atoms with E-state index >= 15 is 0 Å². The van der Waals surface area contributed by atoms with Crippen molar-refractivity contribution < 1.29 is 27.4 Å². The van der Waals surface area contributed by atoms with Crippen LogP contribution in [0.25, 0.3) is 0 Å². The van der Waals surface area contributed by atoms with E-state index < -0.39 is 11.7 Å². The predicted octanol–water partition coefficient (Wildman–Crippen LogP) is 4.54. The largest absolute Gasteiger partial charge is 0.490 e. The van der Waals surface area contributed by atoms with Gasteiger partial charge in [-0.2, -0.15) is 13.2 Å². The van der Waals surface area contributed by atoms with Gasteiger partial charge in [0.15, 0.2) is 0 Å². The Morgan fingerprint density at radius 1 is 1.21 bits per heavy atom. The van der Waals surface area contributed by atoms with Gasteiger partial charge in [0.2, 0.25) is 0 Å². The molecule has 1 fully saturated rings. The lowest BCUT2D eigenvalue weighted by Gasteiger charge is -2.20. The zero-order chi connectivity index (χ0) is 20.1. The Kier molecular flexibility index (Phi) is 6.24. The normalized spacial score (nSPS) is 16.8. The number of para-hydroxylation sites is 1. The molecule has 7 heteroatoms. The Morgan fingerprint density at radius 3 is 2.71 bits per heavy atom. The molecule has 1 heterocycles. The van der Waals surface area contributed by atoms with Crippen LogP contribution in [0.2, 0.25) is 0 Å². The second-order valence-corrected chi connectivity index (χ2v) is 6.80. The number of rotatable bonds is 6. The van der Waals surface area contributed by atoms with Crippen LogP contribution in [0.1, 0.15) is 34.3 Å². The zero-order valence-electron chi connectivity index (χ0n) is 15.5. The van der Waals surface area contributed by atoms with Crippen molar-refractivity contribution in [1.29, 1.82) is 0 Å². The minimum Gasteiger partial charge on any atom is -0.490 e. The molecule has 1 aliphatic heterocycles. The molecule has 0 spiro atoms. The number of benzene rings is 2. The van der Waals surface area contributed by atoms with Gasteiger partial charge in [-0.05, 0) is 42.7 Å². The highest BCUT2D eigenvalue weighted by atomic mass is 19.4. The van der Waals surface area contributed by atoms with Gasteiger partial charge < -0.3 is 14.4 Å². The number of hydrogen-bond donors (Lipinski definition) is 0. The second-order valence-electron chi connectivity index (χ2n) is 6.80. The Hall–Kier alpha value is -2.54. The van der Waals surface area contributed by atoms with Crippen LogP contribution in [0.4, 0.5) is 13.2 Å². The quantitative estimate of drug-likeness (QED) is 0.724. The fourth-order valence-corrected chi connectivity index (χ4v) is 3.12. The fraction of sp³-hybridized carbons (Fsp3) is 0.381. The van der Waals surface area contributed by atoms with Crippen molar-refractivity contribution in [1.82, 2.24) is 4.90 Å². The third kappa shape index (κ3) is 5.04. The van der Waals surface area contributed by atoms with Gasteiger partial charge in [0, 0.05) is 20.2 Å². The molecular weight excluding hydrogens is 371 g/mol. The first-order valence-electron chi connectivity index (χ1n) is 9.09. The van der Waals surface area contributed by atoms with E-state index in [1.807, 2.05) is 0 Å². The molecule has 1 atom stereocenters. The molecule has 3 rings (SSSR count). The average Bonchev–Trinajstić information content (AvgIpc) is 3.19. The van der Waals surface area contributed by atoms with Crippen molar-refractivity contribution in [3.8, 4) is 5.75 Å². The Labute approximate surface area is 161 Å². The van der Waals surface area contributed by atoms with Gasteiger partial charge in [-0.15, -0.1) is 0 Å². The van der Waals surface area contributed by atoms with Crippen LogP contribution in [0, 0.1) is 0 Å². The van der Waals surface area contributed by atoms with Crippen LogP contribution < -0.4 is 4.74 Å². The molecule has 0 radical (unpaired) electrons. The van der Waals surface area contributed by atoms with E-state index in [0.29, 0.717) is 30.1 Å². The van der Waals surface area contributed by atoms with Gasteiger partial charge in [-0.1, -0.05) is 24.3 Å². The summed E-state index contributed by atoms with van der Waals surface area (Å²) in [4.78, 5) is 14.2. The maximum Gasteiger partial charge on any atom is 0.416 e. The van der Waals surface area contributed by atoms with Crippen LogP contribution in [0.15, 0.2) is 48.5 Å². The standard InChI is InChI=1S/C21H22F3NO3/c1-25(13-15-6-4-7-16(12-15)21(22,23)24)20(26)18-9-2-3-10-19(18)28-14-17-8-5-11-27-17/h2-4,6-7,9-10,12,17H,5,8,11,13-14H2,1H3. The average molecular weight is 393 g/mol. The van der Waals surface area contributed by atoms with E-state index in [2.05, 4.69) is 0 Å². The summed E-state index contributed by atoms with van der Waals surface area (Å²) in [6.07, 6.45) is -2.48. The van der Waals surface area contributed by atoms with E-state index in [9.17, 15) is 18.0 Å². The van der Waals surface area contributed by atoms with Crippen LogP contribution in [-0.4, -0.2) is 37.2 Å². The summed E-state index contributed by atoms with van der Waals surface area (Å²) in [6, 6.07) is 11.8. The van der Waals surface area contributed by atoms with Crippen LogP contribution in [-0.2, 0) is 17.5 Å². The lowest BCUT2D eigenvalue weighted by molar-refractivity contribution is -0.137. The molecule has 0 aliphatic carbocycles. The van der Waals surface area contributed by atoms with Crippen molar-refractivity contribution >= 4 is 5.91 Å². The van der Waals surface area contributed by atoms with Crippen molar-refractivity contribution in [3.63, 3.8) is 0 Å². The molecule has 1 amide bonds. The third-order valence-corrected chi connectivity index (χ3v) is 4.59. The van der Waals surface area contributed by atoms with Gasteiger partial charge >= 0.3 is 6.18 Å². The lowest BCUT2D eigenvalue weighted by Crippen LogP contribution is -2.27. The minimum atomic E-state index is -4.42. The van der Waals surface area contributed by atoms with E-state index in [1.165, 1.54) is 11.0 Å². The number of amides is 1. The molecule has 0 N–H and O–H groups in total. The third-order valence-electron chi connectivity index (χ3n) is 4.59. The Morgan fingerprint density at radius 2 is 2.00 bits per heavy atom. The van der Waals surface area contributed by atoms with Crippen molar-refractivity contribution in [3.05, 3.63) is 65.2 Å². The molecule has 2 aromatic carbocycles. The smallest absolute Gasteiger partial charge is 0.416 e. The molecule has 2 aromatic rings. The Bertz CT molecular complexity index is 817. The van der Waals surface area contributed by atoms with Crippen molar-refractivity contribution in [2.45, 2.75) is 31.7 Å². The Balaban J connectivity index is 1.69. The molecule has 4 nitrogen and oxygen atoms in total. The molecule has 1 unspecified atom stereocenters. The molecule has 1 aliphatic rings. The topological polar surface area (TPSA) is 38.8 Å². The van der Waals surface area contributed by atoms with E-state index in [4.69, 9.17) is 9.47 Å². The van der Waals surface area contributed by atoms with E-state index in [-0.39, 0.29) is 18.6 Å². The summed E-state index contributed by atoms with van der Waals surface area (Å²) < 4.78 is 50.0. The summed E-state index contributed by atoms with van der Waals surface area (Å²) in [6.45, 7) is 1.14. The molecule has 0 bridgehead atoms. The van der Waals surface area contributed by atoms with Crippen LogP contribution in [0.3, 0.4) is 0 Å². The minimum absolute atomic E-state index is 0.0194. The number of carbonyl (C=O) groups is 1. The van der Waals surface area contributed by atoms with Crippen LogP contribution >= 0.6 is 0 Å². The highest BCUT2D eigenvalue weighted by molar-refractivity contribution is 5.96. The zero-order valence-corrected chi connectivity index (χ0v) is 15.5. The van der Waals surface area contributed by atoms with Gasteiger partial charge in [0.25, 0.3) is 5.91 Å². The number of halogens is 3. The molecule has 0 aromatic heterocycles. The van der Waals surface area contributed by atoms with Crippen molar-refractivity contribution in [2.75, 3.05) is 20.3 Å². The maximum atomic E-state index is 12.9. The number of hydrogen-bond acceptors (Lipinski definition) is 3. The summed E-state index contributed by atoms with van der Waals surface area (Å²) >= 11 is 0. The second kappa shape index (κ2) is 8.65. The summed E-state index contributed by atoms with van der Waals surface area (Å²) in [5.74, 6) is 0.124. The highest BCUT2D eigenvalue weighted by Gasteiger charge is 2.30. The SMILES string of the molecule is CN(Cc1cccc(C(F)(F)F)c1)C(=O)c1ccccc1OCC1CCCO1. The van der Waals surface area contributed by atoms with Gasteiger partial charge in [-0.25, -0.2) is 0 Å². The van der Waals surface area contributed by atoms with Gasteiger partial charge in [0.05, 0.1) is 17.2 Å². The first-order chi connectivity index (χ1) is 13.3. The van der Waals surface area contributed by atoms with Crippen molar-refractivity contribution in [2.24, 2.45) is 0 Å². The first-order valence-corrected chi connectivity index (χ1v) is 9.09. The highest BCUT2D eigenvalue weighted by Crippen LogP contribution is 2.30. The lowest BCUT2D eigenvalue weighted by atomic mass is 10.1. The maximum absolute atomic E-state index is 12.9. The first kappa shape index (κ1) is 20.2.